The van der Waals surface area contributed by atoms with Gasteiger partial charge in [0.1, 0.15) is 12.4 Å². The summed E-state index contributed by atoms with van der Waals surface area (Å²) in [6.07, 6.45) is 2.30. The summed E-state index contributed by atoms with van der Waals surface area (Å²) < 4.78 is 5.82. The number of hydrogen-bond acceptors (Lipinski definition) is 2. The lowest BCUT2D eigenvalue weighted by atomic mass is 10.00. The molecule has 0 aromatic heterocycles. The van der Waals surface area contributed by atoms with Gasteiger partial charge in [-0.25, -0.2) is 0 Å². The Labute approximate surface area is 116 Å². The lowest BCUT2D eigenvalue weighted by Crippen LogP contribution is -2.40. The average molecular weight is 270 g/mol. The Bertz CT molecular complexity index is 326. The third-order valence-corrected chi connectivity index (χ3v) is 3.48. The highest BCUT2D eigenvalue weighted by atomic mass is 35.5. The Balaban J connectivity index is 2.47. The van der Waals surface area contributed by atoms with E-state index in [0.29, 0.717) is 18.6 Å². The van der Waals surface area contributed by atoms with Crippen LogP contribution in [0.25, 0.3) is 0 Å². The topological polar surface area (TPSA) is 21.3 Å². The summed E-state index contributed by atoms with van der Waals surface area (Å²) in [6.45, 7) is 8.41. The number of hydrogen-bond donors (Lipinski definition) is 1. The first-order chi connectivity index (χ1) is 8.67. The summed E-state index contributed by atoms with van der Waals surface area (Å²) in [4.78, 5) is 0. The first kappa shape index (κ1) is 15.3. The van der Waals surface area contributed by atoms with Crippen LogP contribution < -0.4 is 10.1 Å². The van der Waals surface area contributed by atoms with Crippen molar-refractivity contribution in [1.82, 2.24) is 5.32 Å². The Morgan fingerprint density at radius 3 is 2.44 bits per heavy atom. The molecule has 0 bridgehead atoms. The molecule has 0 heterocycles. The predicted molar refractivity (Wildman–Crippen MR) is 78.5 cm³/mol. The van der Waals surface area contributed by atoms with Crippen LogP contribution >= 0.6 is 11.6 Å². The zero-order valence-corrected chi connectivity index (χ0v) is 12.3. The zero-order chi connectivity index (χ0) is 13.4. The highest BCUT2D eigenvalue weighted by molar-refractivity contribution is 6.30. The monoisotopic (exact) mass is 269 g/mol. The smallest absolute Gasteiger partial charge is 0.119 e. The van der Waals surface area contributed by atoms with Crippen molar-refractivity contribution >= 4 is 11.6 Å². The number of halogens is 1. The number of rotatable bonds is 8. The highest BCUT2D eigenvalue weighted by Crippen LogP contribution is 2.17. The summed E-state index contributed by atoms with van der Waals surface area (Å²) in [5.74, 6) is 1.50. The summed E-state index contributed by atoms with van der Waals surface area (Å²) in [5, 5.41) is 4.29. The molecule has 0 amide bonds. The highest BCUT2D eigenvalue weighted by Gasteiger charge is 2.15. The Hall–Kier alpha value is -0.730. The van der Waals surface area contributed by atoms with Crippen molar-refractivity contribution in [3.8, 4) is 5.75 Å². The second-order valence-corrected chi connectivity index (χ2v) is 5.15. The minimum atomic E-state index is 0.408. The van der Waals surface area contributed by atoms with Crippen LogP contribution in [-0.4, -0.2) is 19.2 Å². The molecule has 18 heavy (non-hydrogen) atoms. The second-order valence-electron chi connectivity index (χ2n) is 4.71. The van der Waals surface area contributed by atoms with Gasteiger partial charge in [0.25, 0.3) is 0 Å². The summed E-state index contributed by atoms with van der Waals surface area (Å²) in [7, 11) is 0. The van der Waals surface area contributed by atoms with E-state index < -0.39 is 0 Å². The molecule has 2 nitrogen and oxygen atoms in total. The van der Waals surface area contributed by atoms with Gasteiger partial charge in [-0.15, -0.1) is 0 Å². The number of benzene rings is 1. The summed E-state index contributed by atoms with van der Waals surface area (Å²) >= 11 is 5.85. The second kappa shape index (κ2) is 8.39. The molecule has 1 aromatic rings. The van der Waals surface area contributed by atoms with Crippen LogP contribution in [0, 0.1) is 5.92 Å². The zero-order valence-electron chi connectivity index (χ0n) is 11.6. The van der Waals surface area contributed by atoms with E-state index in [0.717, 1.165) is 30.2 Å². The fraction of sp³-hybridized carbons (Fsp3) is 0.600. The molecule has 1 N–H and O–H groups in total. The normalized spacial score (nSPS) is 14.2. The first-order valence-electron chi connectivity index (χ1n) is 6.79. The van der Waals surface area contributed by atoms with Crippen LogP contribution in [0.4, 0.5) is 0 Å². The molecule has 0 spiro atoms. The van der Waals surface area contributed by atoms with Gasteiger partial charge >= 0.3 is 0 Å². The van der Waals surface area contributed by atoms with Gasteiger partial charge in [-0.05, 0) is 43.1 Å². The lowest BCUT2D eigenvalue weighted by molar-refractivity contribution is 0.220. The average Bonchev–Trinajstić information content (AvgIpc) is 2.40. The van der Waals surface area contributed by atoms with E-state index in [1.165, 1.54) is 0 Å². The number of nitrogens with one attached hydrogen (secondary N) is 1. The molecule has 3 heteroatoms. The minimum Gasteiger partial charge on any atom is -0.492 e. The molecule has 2 atom stereocenters. The fourth-order valence-electron chi connectivity index (χ4n) is 1.76. The van der Waals surface area contributed by atoms with Gasteiger partial charge in [0.2, 0.25) is 0 Å². The molecule has 0 radical (unpaired) electrons. The minimum absolute atomic E-state index is 0.408. The van der Waals surface area contributed by atoms with E-state index in [-0.39, 0.29) is 0 Å². The van der Waals surface area contributed by atoms with Gasteiger partial charge in [0.05, 0.1) is 0 Å². The predicted octanol–water partition coefficient (Wildman–Crippen LogP) is 4.13. The van der Waals surface area contributed by atoms with E-state index in [1.807, 2.05) is 24.3 Å². The molecule has 102 valence electrons. The van der Waals surface area contributed by atoms with Gasteiger partial charge in [0.15, 0.2) is 0 Å². The van der Waals surface area contributed by atoms with Crippen molar-refractivity contribution < 1.29 is 4.74 Å². The third kappa shape index (κ3) is 5.28. The largest absolute Gasteiger partial charge is 0.492 e. The van der Waals surface area contributed by atoms with E-state index in [4.69, 9.17) is 16.3 Å². The van der Waals surface area contributed by atoms with E-state index in [2.05, 4.69) is 26.1 Å². The van der Waals surface area contributed by atoms with Gasteiger partial charge in [0, 0.05) is 11.1 Å². The molecule has 0 aliphatic rings. The summed E-state index contributed by atoms with van der Waals surface area (Å²) in [6, 6.07) is 7.94. The number of ether oxygens (including phenoxy) is 1. The van der Waals surface area contributed by atoms with Crippen molar-refractivity contribution in [2.75, 3.05) is 13.2 Å². The maximum Gasteiger partial charge on any atom is 0.119 e. The van der Waals surface area contributed by atoms with Crippen LogP contribution in [0.2, 0.25) is 5.02 Å². The molecule has 1 aromatic carbocycles. The van der Waals surface area contributed by atoms with Gasteiger partial charge in [-0.2, -0.15) is 0 Å². The Kier molecular flexibility index (Phi) is 7.14. The SMILES string of the molecule is CCCNC(COc1ccc(Cl)cc1)C(C)CC. The Morgan fingerprint density at radius 1 is 1.22 bits per heavy atom. The molecular weight excluding hydrogens is 246 g/mol. The molecule has 0 saturated heterocycles. The van der Waals surface area contributed by atoms with Crippen molar-refractivity contribution in [3.63, 3.8) is 0 Å². The van der Waals surface area contributed by atoms with Gasteiger partial charge < -0.3 is 10.1 Å². The maximum absolute atomic E-state index is 5.85. The fourth-order valence-corrected chi connectivity index (χ4v) is 1.88. The van der Waals surface area contributed by atoms with Crippen LogP contribution in [-0.2, 0) is 0 Å². The Morgan fingerprint density at radius 2 is 1.89 bits per heavy atom. The quantitative estimate of drug-likeness (QED) is 0.766. The van der Waals surface area contributed by atoms with Gasteiger partial charge in [-0.1, -0.05) is 38.8 Å². The van der Waals surface area contributed by atoms with E-state index in [1.54, 1.807) is 0 Å². The molecule has 0 saturated carbocycles. The molecule has 0 fully saturated rings. The first-order valence-corrected chi connectivity index (χ1v) is 7.16. The lowest BCUT2D eigenvalue weighted by Gasteiger charge is -2.24. The van der Waals surface area contributed by atoms with E-state index in [9.17, 15) is 0 Å². The van der Waals surface area contributed by atoms with Crippen molar-refractivity contribution in [2.45, 2.75) is 39.7 Å². The van der Waals surface area contributed by atoms with Gasteiger partial charge in [-0.3, -0.25) is 0 Å². The molecule has 1 rings (SSSR count). The summed E-state index contributed by atoms with van der Waals surface area (Å²) in [5.41, 5.74) is 0. The van der Waals surface area contributed by atoms with Crippen LogP contribution in [0.3, 0.4) is 0 Å². The maximum atomic E-state index is 5.85. The van der Waals surface area contributed by atoms with Crippen molar-refractivity contribution in [1.29, 1.82) is 0 Å². The molecular formula is C15H24ClNO. The molecule has 0 aliphatic heterocycles. The van der Waals surface area contributed by atoms with Crippen LogP contribution in [0.5, 0.6) is 5.75 Å². The van der Waals surface area contributed by atoms with Crippen LogP contribution in [0.1, 0.15) is 33.6 Å². The van der Waals surface area contributed by atoms with Crippen molar-refractivity contribution in [2.24, 2.45) is 5.92 Å². The van der Waals surface area contributed by atoms with Crippen LogP contribution in [0.15, 0.2) is 24.3 Å². The standard InChI is InChI=1S/C15H24ClNO/c1-4-10-17-15(12(3)5-2)11-18-14-8-6-13(16)7-9-14/h6-9,12,15,17H,4-5,10-11H2,1-3H3. The van der Waals surface area contributed by atoms with E-state index >= 15 is 0 Å². The molecule has 0 aliphatic carbocycles. The van der Waals surface area contributed by atoms with Crippen molar-refractivity contribution in [3.05, 3.63) is 29.3 Å². The molecule has 2 unspecified atom stereocenters. The third-order valence-electron chi connectivity index (χ3n) is 3.23.